The molecule has 0 aliphatic carbocycles. The van der Waals surface area contributed by atoms with E-state index in [-0.39, 0.29) is 29.8 Å². The minimum Gasteiger partial charge on any atom is -0.465 e. The molecule has 0 saturated carbocycles. The van der Waals surface area contributed by atoms with Crippen molar-refractivity contribution in [2.24, 2.45) is 0 Å². The van der Waals surface area contributed by atoms with Gasteiger partial charge in [-0.25, -0.2) is 9.18 Å². The molecule has 0 fully saturated rings. The number of carbonyl (C=O) groups is 2. The molecule has 0 bridgehead atoms. The highest BCUT2D eigenvalue weighted by Crippen LogP contribution is 2.33. The van der Waals surface area contributed by atoms with E-state index in [9.17, 15) is 19.1 Å². The summed E-state index contributed by atoms with van der Waals surface area (Å²) >= 11 is 0. The van der Waals surface area contributed by atoms with Gasteiger partial charge in [-0.15, -0.1) is 0 Å². The van der Waals surface area contributed by atoms with E-state index in [0.29, 0.717) is 17.7 Å². The van der Waals surface area contributed by atoms with E-state index in [4.69, 9.17) is 5.11 Å². The Labute approximate surface area is 133 Å². The number of benzene rings is 1. The maximum absolute atomic E-state index is 13.0. The molecule has 7 heteroatoms. The molecule has 0 aromatic heterocycles. The number of aliphatic hydroxyl groups is 1. The van der Waals surface area contributed by atoms with Gasteiger partial charge >= 0.3 is 6.09 Å². The third-order valence-electron chi connectivity index (χ3n) is 3.96. The Kier molecular flexibility index (Phi) is 4.70. The number of aliphatic hydroxyl groups excluding tert-OH is 1. The summed E-state index contributed by atoms with van der Waals surface area (Å²) in [5.74, 6) is -0.186. The van der Waals surface area contributed by atoms with Gasteiger partial charge in [0.15, 0.2) is 0 Å². The zero-order chi connectivity index (χ0) is 17.2. The third-order valence-corrected chi connectivity index (χ3v) is 3.96. The van der Waals surface area contributed by atoms with Crippen molar-refractivity contribution < 1.29 is 24.2 Å². The predicted molar refractivity (Wildman–Crippen MR) is 82.0 cm³/mol. The zero-order valence-corrected chi connectivity index (χ0v) is 12.9. The fraction of sp³-hybridized carbons (Fsp3) is 0.375. The lowest BCUT2D eigenvalue weighted by Crippen LogP contribution is -2.43. The first-order chi connectivity index (χ1) is 10.8. The van der Waals surface area contributed by atoms with E-state index in [1.165, 1.54) is 6.07 Å². The molecular weight excluding hydrogens is 303 g/mol. The lowest BCUT2D eigenvalue weighted by molar-refractivity contribution is 0.0929. The quantitative estimate of drug-likeness (QED) is 0.680. The van der Waals surface area contributed by atoms with Crippen LogP contribution in [-0.4, -0.2) is 35.3 Å². The monoisotopic (exact) mass is 322 g/mol. The van der Waals surface area contributed by atoms with Crippen LogP contribution in [0.15, 0.2) is 30.1 Å². The van der Waals surface area contributed by atoms with Crippen LogP contribution in [-0.2, 0) is 5.41 Å². The van der Waals surface area contributed by atoms with E-state index < -0.39 is 12.2 Å². The second-order valence-electron chi connectivity index (χ2n) is 6.12. The van der Waals surface area contributed by atoms with Crippen LogP contribution in [0.4, 0.5) is 9.18 Å². The number of fused-ring (bicyclic) bond motifs is 1. The molecule has 1 aromatic rings. The van der Waals surface area contributed by atoms with Crippen molar-refractivity contribution in [2.75, 3.05) is 13.1 Å². The smallest absolute Gasteiger partial charge is 0.404 e. The average molecular weight is 322 g/mol. The van der Waals surface area contributed by atoms with Crippen molar-refractivity contribution >= 4 is 12.0 Å². The molecule has 2 amide bonds. The highest BCUT2D eigenvalue weighted by Gasteiger charge is 2.32. The van der Waals surface area contributed by atoms with E-state index in [1.807, 2.05) is 19.2 Å². The first kappa shape index (κ1) is 17.0. The molecule has 4 N–H and O–H groups in total. The van der Waals surface area contributed by atoms with Crippen LogP contribution in [0.3, 0.4) is 0 Å². The van der Waals surface area contributed by atoms with Crippen LogP contribution in [0, 0.1) is 0 Å². The van der Waals surface area contributed by atoms with E-state index in [2.05, 4.69) is 5.32 Å². The molecule has 0 saturated heterocycles. The van der Waals surface area contributed by atoms with Crippen molar-refractivity contribution in [1.29, 1.82) is 0 Å². The molecule has 0 spiro atoms. The van der Waals surface area contributed by atoms with Gasteiger partial charge in [-0.2, -0.15) is 0 Å². The van der Waals surface area contributed by atoms with Crippen LogP contribution < -0.4 is 10.6 Å². The van der Waals surface area contributed by atoms with Gasteiger partial charge in [0.2, 0.25) is 0 Å². The molecule has 0 radical (unpaired) electrons. The summed E-state index contributed by atoms with van der Waals surface area (Å²) in [6, 6.07) is 4.79. The van der Waals surface area contributed by atoms with Crippen molar-refractivity contribution in [3.05, 3.63) is 46.8 Å². The summed E-state index contributed by atoms with van der Waals surface area (Å²) in [5, 5.41) is 23.7. The van der Waals surface area contributed by atoms with E-state index in [1.54, 1.807) is 12.1 Å². The Balaban J connectivity index is 2.34. The summed E-state index contributed by atoms with van der Waals surface area (Å²) < 4.78 is 13.0. The molecule has 1 unspecified atom stereocenters. The van der Waals surface area contributed by atoms with Gasteiger partial charge in [0.25, 0.3) is 5.91 Å². The molecule has 1 aliphatic heterocycles. The first-order valence-electron chi connectivity index (χ1n) is 7.13. The normalized spacial score (nSPS) is 17.9. The number of carboxylic acid groups (broad SMARTS) is 1. The standard InChI is InChI=1S/C16H19FN2O4/c1-16(2)8-19-14(21)11-4-3-9(5-12(11)16)13(20)10(6-17)7-18-15(22)23/h3-6,13,18,20H,7-8H2,1-2H3,(H,19,21)(H,22,23). The Bertz CT molecular complexity index is 670. The fourth-order valence-electron chi connectivity index (χ4n) is 2.57. The summed E-state index contributed by atoms with van der Waals surface area (Å²) in [7, 11) is 0. The number of hydrogen-bond donors (Lipinski definition) is 4. The molecule has 1 aliphatic rings. The largest absolute Gasteiger partial charge is 0.465 e. The lowest BCUT2D eigenvalue weighted by Gasteiger charge is -2.33. The molecule has 23 heavy (non-hydrogen) atoms. The van der Waals surface area contributed by atoms with Crippen LogP contribution in [0.25, 0.3) is 0 Å². The minimum absolute atomic E-state index is 0.106. The van der Waals surface area contributed by atoms with Crippen molar-refractivity contribution in [3.8, 4) is 0 Å². The van der Waals surface area contributed by atoms with Crippen LogP contribution in [0.5, 0.6) is 0 Å². The second kappa shape index (κ2) is 6.37. The Morgan fingerprint density at radius 2 is 2.22 bits per heavy atom. The molecule has 124 valence electrons. The number of carbonyl (C=O) groups excluding carboxylic acids is 1. The summed E-state index contributed by atoms with van der Waals surface area (Å²) in [5.41, 5.74) is 1.26. The van der Waals surface area contributed by atoms with Crippen molar-refractivity contribution in [2.45, 2.75) is 25.4 Å². The Morgan fingerprint density at radius 1 is 1.52 bits per heavy atom. The molecule has 1 aromatic carbocycles. The van der Waals surface area contributed by atoms with Gasteiger partial charge < -0.3 is 20.8 Å². The van der Waals surface area contributed by atoms with Gasteiger partial charge in [0.05, 0.1) is 6.33 Å². The van der Waals surface area contributed by atoms with Crippen LogP contribution >= 0.6 is 0 Å². The third kappa shape index (κ3) is 3.50. The second-order valence-corrected chi connectivity index (χ2v) is 6.12. The van der Waals surface area contributed by atoms with E-state index in [0.717, 1.165) is 5.56 Å². The Hall–Kier alpha value is -2.41. The van der Waals surface area contributed by atoms with Gasteiger partial charge in [-0.3, -0.25) is 4.79 Å². The summed E-state index contributed by atoms with van der Waals surface area (Å²) in [6.45, 7) is 4.05. The predicted octanol–water partition coefficient (Wildman–Crippen LogP) is 1.86. The number of rotatable bonds is 4. The molecular formula is C16H19FN2O4. The van der Waals surface area contributed by atoms with Gasteiger partial charge in [0.1, 0.15) is 6.10 Å². The average Bonchev–Trinajstić information content (AvgIpc) is 2.51. The first-order valence-corrected chi connectivity index (χ1v) is 7.13. The fourth-order valence-corrected chi connectivity index (χ4v) is 2.57. The molecule has 6 nitrogen and oxygen atoms in total. The SMILES string of the molecule is CC1(C)CNC(=O)c2ccc(C(O)C(=CF)CNC(=O)O)cc21. The van der Waals surface area contributed by atoms with Crippen molar-refractivity contribution in [1.82, 2.24) is 10.6 Å². The lowest BCUT2D eigenvalue weighted by atomic mass is 9.77. The van der Waals surface area contributed by atoms with Crippen molar-refractivity contribution in [3.63, 3.8) is 0 Å². The van der Waals surface area contributed by atoms with Gasteiger partial charge in [-0.1, -0.05) is 26.0 Å². The maximum atomic E-state index is 13.0. The highest BCUT2D eigenvalue weighted by atomic mass is 19.1. The number of halogens is 1. The molecule has 1 atom stereocenters. The highest BCUT2D eigenvalue weighted by molar-refractivity contribution is 5.97. The van der Waals surface area contributed by atoms with E-state index >= 15 is 0 Å². The van der Waals surface area contributed by atoms with Crippen LogP contribution in [0.1, 0.15) is 41.4 Å². The summed E-state index contributed by atoms with van der Waals surface area (Å²) in [4.78, 5) is 22.4. The zero-order valence-electron chi connectivity index (χ0n) is 12.9. The number of amides is 2. The maximum Gasteiger partial charge on any atom is 0.404 e. The van der Waals surface area contributed by atoms with Crippen LogP contribution in [0.2, 0.25) is 0 Å². The number of nitrogens with one attached hydrogen (secondary N) is 2. The number of hydrogen-bond acceptors (Lipinski definition) is 3. The minimum atomic E-state index is -1.31. The summed E-state index contributed by atoms with van der Waals surface area (Å²) in [6.07, 6.45) is -2.41. The topological polar surface area (TPSA) is 98.7 Å². The molecule has 2 rings (SSSR count). The van der Waals surface area contributed by atoms with Gasteiger partial charge in [0, 0.05) is 29.6 Å². The molecule has 1 heterocycles. The van der Waals surface area contributed by atoms with Gasteiger partial charge in [-0.05, 0) is 17.2 Å². The Morgan fingerprint density at radius 3 is 2.83 bits per heavy atom.